The van der Waals surface area contributed by atoms with Crippen molar-refractivity contribution in [3.8, 4) is 0 Å². The number of halogens is 2. The van der Waals surface area contributed by atoms with Crippen molar-refractivity contribution in [1.29, 1.82) is 0 Å². The third-order valence-electron chi connectivity index (χ3n) is 3.37. The van der Waals surface area contributed by atoms with E-state index in [1.165, 1.54) is 5.56 Å². The minimum Gasteiger partial charge on any atom is -0.396 e. The molecule has 2 aromatic rings. The van der Waals surface area contributed by atoms with E-state index in [1.807, 2.05) is 12.1 Å². The summed E-state index contributed by atoms with van der Waals surface area (Å²) in [6.07, 6.45) is 6.05. The van der Waals surface area contributed by atoms with Crippen molar-refractivity contribution in [3.63, 3.8) is 0 Å². The van der Waals surface area contributed by atoms with Gasteiger partial charge in [-0.05, 0) is 30.9 Å². The van der Waals surface area contributed by atoms with E-state index in [0.717, 1.165) is 43.1 Å². The highest BCUT2D eigenvalue weighted by Crippen LogP contribution is 2.34. The van der Waals surface area contributed by atoms with E-state index in [4.69, 9.17) is 28.3 Å². The minimum absolute atomic E-state index is 0.211. The van der Waals surface area contributed by atoms with Gasteiger partial charge >= 0.3 is 0 Å². The number of aliphatic hydroxyl groups is 1. The first kappa shape index (κ1) is 14.7. The predicted octanol–water partition coefficient (Wildman–Crippen LogP) is 4.67. The molecule has 0 aliphatic carbocycles. The van der Waals surface area contributed by atoms with E-state index in [9.17, 15) is 0 Å². The fourth-order valence-corrected chi connectivity index (χ4v) is 2.80. The average Bonchev–Trinajstić information content (AvgIpc) is 2.77. The van der Waals surface area contributed by atoms with Gasteiger partial charge in [-0.2, -0.15) is 0 Å². The predicted molar refractivity (Wildman–Crippen MR) is 82.3 cm³/mol. The number of rotatable bonds is 6. The molecule has 0 saturated heterocycles. The maximum absolute atomic E-state index is 8.99. The number of aryl methyl sites for hydroxylation is 2. The zero-order valence-corrected chi connectivity index (χ0v) is 12.6. The molecule has 1 heterocycles. The quantitative estimate of drug-likeness (QED) is 0.823. The molecule has 1 N–H and O–H groups in total. The molecule has 0 aliphatic rings. The van der Waals surface area contributed by atoms with Crippen LogP contribution in [0.15, 0.2) is 18.3 Å². The summed E-state index contributed by atoms with van der Waals surface area (Å²) in [6, 6.07) is 3.87. The summed E-state index contributed by atoms with van der Waals surface area (Å²) in [5.74, 6) is 0. The molecule has 0 radical (unpaired) electrons. The molecule has 19 heavy (non-hydrogen) atoms. The van der Waals surface area contributed by atoms with Crippen LogP contribution in [0.5, 0.6) is 0 Å². The molecular weight excluding hydrogens is 281 g/mol. The molecule has 0 fully saturated rings. The molecule has 1 aromatic carbocycles. The van der Waals surface area contributed by atoms with E-state index >= 15 is 0 Å². The molecule has 2 nitrogen and oxygen atoms in total. The highest BCUT2D eigenvalue weighted by molar-refractivity contribution is 6.45. The monoisotopic (exact) mass is 299 g/mol. The molecule has 0 bridgehead atoms. The smallest absolute Gasteiger partial charge is 0.0835 e. The number of fused-ring (bicyclic) bond motifs is 1. The molecular formula is C15H19Cl2NO. The third-order valence-corrected chi connectivity index (χ3v) is 4.16. The second-order valence-corrected chi connectivity index (χ2v) is 5.57. The Hall–Kier alpha value is -0.700. The molecule has 1 aromatic heterocycles. The van der Waals surface area contributed by atoms with Gasteiger partial charge in [-0.25, -0.2) is 0 Å². The summed E-state index contributed by atoms with van der Waals surface area (Å²) < 4.78 is 2.19. The van der Waals surface area contributed by atoms with Crippen LogP contribution in [0.1, 0.15) is 31.7 Å². The Morgan fingerprint density at radius 3 is 2.68 bits per heavy atom. The van der Waals surface area contributed by atoms with Crippen LogP contribution in [0, 0.1) is 0 Å². The summed E-state index contributed by atoms with van der Waals surface area (Å²) in [5, 5.41) is 11.4. The van der Waals surface area contributed by atoms with Crippen molar-refractivity contribution in [3.05, 3.63) is 33.9 Å². The van der Waals surface area contributed by atoms with Crippen LogP contribution in [-0.2, 0) is 13.0 Å². The molecule has 0 amide bonds. The van der Waals surface area contributed by atoms with Gasteiger partial charge in [0.05, 0.1) is 15.6 Å². The van der Waals surface area contributed by atoms with Crippen molar-refractivity contribution in [1.82, 2.24) is 4.57 Å². The van der Waals surface area contributed by atoms with Crippen LogP contribution in [-0.4, -0.2) is 16.3 Å². The molecule has 0 spiro atoms. The van der Waals surface area contributed by atoms with Crippen LogP contribution in [0.2, 0.25) is 10.0 Å². The number of unbranched alkanes of at least 4 members (excludes halogenated alkanes) is 1. The molecule has 104 valence electrons. The first-order chi connectivity index (χ1) is 9.19. The second kappa shape index (κ2) is 6.65. The number of benzene rings is 1. The molecule has 0 atom stereocenters. The summed E-state index contributed by atoms with van der Waals surface area (Å²) >= 11 is 12.5. The van der Waals surface area contributed by atoms with Crippen LogP contribution in [0.3, 0.4) is 0 Å². The number of hydrogen-bond donors (Lipinski definition) is 1. The lowest BCUT2D eigenvalue weighted by atomic mass is 10.1. The Morgan fingerprint density at radius 2 is 2.00 bits per heavy atom. The molecule has 2 rings (SSSR count). The Labute approximate surface area is 123 Å². The largest absolute Gasteiger partial charge is 0.396 e. The zero-order chi connectivity index (χ0) is 13.8. The van der Waals surface area contributed by atoms with E-state index < -0.39 is 0 Å². The Kier molecular flexibility index (Phi) is 5.14. The number of nitrogens with zero attached hydrogens (tertiary/aromatic N) is 1. The zero-order valence-electron chi connectivity index (χ0n) is 11.1. The Morgan fingerprint density at radius 1 is 1.21 bits per heavy atom. The van der Waals surface area contributed by atoms with Crippen molar-refractivity contribution < 1.29 is 5.11 Å². The minimum atomic E-state index is 0.211. The van der Waals surface area contributed by atoms with Gasteiger partial charge in [0.15, 0.2) is 0 Å². The summed E-state index contributed by atoms with van der Waals surface area (Å²) in [7, 11) is 0. The van der Waals surface area contributed by atoms with Gasteiger partial charge in [0, 0.05) is 24.7 Å². The van der Waals surface area contributed by atoms with Crippen molar-refractivity contribution in [2.45, 2.75) is 39.2 Å². The number of hydrogen-bond acceptors (Lipinski definition) is 1. The van der Waals surface area contributed by atoms with Crippen LogP contribution in [0.4, 0.5) is 0 Å². The third kappa shape index (κ3) is 3.07. The lowest BCUT2D eigenvalue weighted by molar-refractivity contribution is 0.288. The molecule has 0 saturated carbocycles. The maximum Gasteiger partial charge on any atom is 0.0835 e. The number of aliphatic hydroxyl groups excluding tert-OH is 1. The van der Waals surface area contributed by atoms with Gasteiger partial charge in [0.2, 0.25) is 0 Å². The average molecular weight is 300 g/mol. The summed E-state index contributed by atoms with van der Waals surface area (Å²) in [5.41, 5.74) is 2.26. The summed E-state index contributed by atoms with van der Waals surface area (Å²) in [6.45, 7) is 3.34. The van der Waals surface area contributed by atoms with Crippen LogP contribution >= 0.6 is 23.2 Å². The van der Waals surface area contributed by atoms with E-state index in [2.05, 4.69) is 17.7 Å². The Bertz CT molecular complexity index is 563. The Balaban J connectivity index is 2.49. The van der Waals surface area contributed by atoms with Gasteiger partial charge in [0.25, 0.3) is 0 Å². The fourth-order valence-electron chi connectivity index (χ4n) is 2.38. The lowest BCUT2D eigenvalue weighted by Gasteiger charge is -2.06. The van der Waals surface area contributed by atoms with Gasteiger partial charge in [-0.15, -0.1) is 0 Å². The van der Waals surface area contributed by atoms with E-state index in [0.29, 0.717) is 10.0 Å². The van der Waals surface area contributed by atoms with Gasteiger partial charge in [0.1, 0.15) is 0 Å². The topological polar surface area (TPSA) is 25.2 Å². The maximum atomic E-state index is 8.99. The highest BCUT2D eigenvalue weighted by atomic mass is 35.5. The van der Waals surface area contributed by atoms with Crippen molar-refractivity contribution in [2.24, 2.45) is 0 Å². The van der Waals surface area contributed by atoms with Crippen molar-refractivity contribution >= 4 is 34.1 Å². The van der Waals surface area contributed by atoms with Gasteiger partial charge in [-0.1, -0.05) is 42.6 Å². The van der Waals surface area contributed by atoms with Gasteiger partial charge in [-0.3, -0.25) is 0 Å². The van der Waals surface area contributed by atoms with E-state index in [1.54, 1.807) is 0 Å². The second-order valence-electron chi connectivity index (χ2n) is 4.79. The standard InChI is InChI=1S/C15H19Cl2NO/c1-2-3-8-18-10-11(5-4-9-19)12-6-7-13(16)14(17)15(12)18/h6-7,10,19H,2-5,8-9H2,1H3. The fraction of sp³-hybridized carbons (Fsp3) is 0.467. The number of aromatic nitrogens is 1. The summed E-state index contributed by atoms with van der Waals surface area (Å²) in [4.78, 5) is 0. The van der Waals surface area contributed by atoms with Gasteiger partial charge < -0.3 is 9.67 Å². The van der Waals surface area contributed by atoms with Crippen LogP contribution in [0.25, 0.3) is 10.9 Å². The molecule has 0 aliphatic heterocycles. The normalized spacial score (nSPS) is 11.4. The molecule has 4 heteroatoms. The van der Waals surface area contributed by atoms with Crippen molar-refractivity contribution in [2.75, 3.05) is 6.61 Å². The SMILES string of the molecule is CCCCn1cc(CCCO)c2ccc(Cl)c(Cl)c21. The molecule has 0 unspecified atom stereocenters. The van der Waals surface area contributed by atoms with Crippen LogP contribution < -0.4 is 0 Å². The first-order valence-electron chi connectivity index (χ1n) is 6.75. The highest BCUT2D eigenvalue weighted by Gasteiger charge is 2.13. The van der Waals surface area contributed by atoms with E-state index in [-0.39, 0.29) is 6.61 Å². The first-order valence-corrected chi connectivity index (χ1v) is 7.51. The lowest BCUT2D eigenvalue weighted by Crippen LogP contribution is -1.96.